The summed E-state index contributed by atoms with van der Waals surface area (Å²) in [5.74, 6) is 1.72. The van der Waals surface area contributed by atoms with E-state index in [0.717, 1.165) is 22.3 Å². The van der Waals surface area contributed by atoms with Crippen LogP contribution in [0.1, 0.15) is 0 Å². The van der Waals surface area contributed by atoms with Crippen LogP contribution in [0, 0.1) is 0 Å². The molecule has 2 heteroatoms. The van der Waals surface area contributed by atoms with Crippen molar-refractivity contribution in [3.8, 4) is 11.5 Å². The van der Waals surface area contributed by atoms with Crippen molar-refractivity contribution in [1.82, 2.24) is 0 Å². The summed E-state index contributed by atoms with van der Waals surface area (Å²) in [5.41, 5.74) is 0. The normalized spacial score (nSPS) is 10.5. The first-order chi connectivity index (χ1) is 10.8. The maximum atomic E-state index is 5.59. The SMILES string of the molecule is C=CCOc1ccc2c(ccc3cc(OCC=C)ccc32)c1. The highest BCUT2D eigenvalue weighted by molar-refractivity contribution is 6.08. The van der Waals surface area contributed by atoms with Crippen molar-refractivity contribution >= 4 is 21.5 Å². The molecule has 0 aliphatic rings. The minimum Gasteiger partial charge on any atom is -0.490 e. The van der Waals surface area contributed by atoms with Gasteiger partial charge >= 0.3 is 0 Å². The largest absolute Gasteiger partial charge is 0.490 e. The molecule has 0 aromatic heterocycles. The number of fused-ring (bicyclic) bond motifs is 3. The summed E-state index contributed by atoms with van der Waals surface area (Å²) in [6.45, 7) is 8.36. The lowest BCUT2D eigenvalue weighted by atomic mass is 10.0. The Bertz CT molecular complexity index is 763. The lowest BCUT2D eigenvalue weighted by molar-refractivity contribution is 0.363. The van der Waals surface area contributed by atoms with Crippen LogP contribution in [-0.2, 0) is 0 Å². The van der Waals surface area contributed by atoms with Gasteiger partial charge in [-0.2, -0.15) is 0 Å². The van der Waals surface area contributed by atoms with E-state index in [9.17, 15) is 0 Å². The summed E-state index contributed by atoms with van der Waals surface area (Å²) in [5, 5.41) is 4.74. The van der Waals surface area contributed by atoms with E-state index in [0.29, 0.717) is 13.2 Å². The van der Waals surface area contributed by atoms with Crippen molar-refractivity contribution in [3.05, 3.63) is 73.8 Å². The molecule has 0 amide bonds. The minimum absolute atomic E-state index is 0.517. The summed E-state index contributed by atoms with van der Waals surface area (Å²) in [4.78, 5) is 0. The summed E-state index contributed by atoms with van der Waals surface area (Å²) in [6.07, 6.45) is 3.49. The molecule has 110 valence electrons. The molecule has 0 radical (unpaired) electrons. The smallest absolute Gasteiger partial charge is 0.120 e. The van der Waals surface area contributed by atoms with E-state index in [2.05, 4.69) is 49.6 Å². The van der Waals surface area contributed by atoms with Crippen LogP contribution in [0.25, 0.3) is 21.5 Å². The van der Waals surface area contributed by atoms with Gasteiger partial charge in [0.2, 0.25) is 0 Å². The van der Waals surface area contributed by atoms with E-state index in [1.165, 1.54) is 10.8 Å². The summed E-state index contributed by atoms with van der Waals surface area (Å²) in [6, 6.07) is 16.5. The number of hydrogen-bond donors (Lipinski definition) is 0. The van der Waals surface area contributed by atoms with E-state index in [4.69, 9.17) is 9.47 Å². The molecule has 0 spiro atoms. The van der Waals surface area contributed by atoms with Gasteiger partial charge in [0.15, 0.2) is 0 Å². The first-order valence-corrected chi connectivity index (χ1v) is 7.26. The van der Waals surface area contributed by atoms with Crippen LogP contribution in [0.4, 0.5) is 0 Å². The second-order valence-corrected chi connectivity index (χ2v) is 5.03. The fourth-order valence-electron chi connectivity index (χ4n) is 2.52. The van der Waals surface area contributed by atoms with Gasteiger partial charge in [0.1, 0.15) is 24.7 Å². The van der Waals surface area contributed by atoms with Crippen molar-refractivity contribution < 1.29 is 9.47 Å². The van der Waals surface area contributed by atoms with E-state index < -0.39 is 0 Å². The Morgan fingerprint density at radius 2 is 1.14 bits per heavy atom. The van der Waals surface area contributed by atoms with Crippen LogP contribution in [0.3, 0.4) is 0 Å². The number of hydrogen-bond acceptors (Lipinski definition) is 2. The zero-order valence-electron chi connectivity index (χ0n) is 12.4. The molecule has 3 aromatic rings. The van der Waals surface area contributed by atoms with Gasteiger partial charge in [-0.05, 0) is 45.8 Å². The topological polar surface area (TPSA) is 18.5 Å². The van der Waals surface area contributed by atoms with Gasteiger partial charge in [-0.15, -0.1) is 0 Å². The van der Waals surface area contributed by atoms with Gasteiger partial charge in [-0.1, -0.05) is 49.6 Å². The third-order valence-corrected chi connectivity index (χ3v) is 3.51. The van der Waals surface area contributed by atoms with Crippen molar-refractivity contribution in [1.29, 1.82) is 0 Å². The Morgan fingerprint density at radius 1 is 0.682 bits per heavy atom. The molecule has 3 rings (SSSR count). The first-order valence-electron chi connectivity index (χ1n) is 7.26. The predicted molar refractivity (Wildman–Crippen MR) is 92.8 cm³/mol. The number of ether oxygens (including phenoxy) is 2. The zero-order chi connectivity index (χ0) is 15.4. The highest BCUT2D eigenvalue weighted by atomic mass is 16.5. The van der Waals surface area contributed by atoms with Gasteiger partial charge in [0.05, 0.1) is 0 Å². The van der Waals surface area contributed by atoms with E-state index in [-0.39, 0.29) is 0 Å². The Morgan fingerprint density at radius 3 is 1.55 bits per heavy atom. The highest BCUT2D eigenvalue weighted by Gasteiger charge is 2.04. The van der Waals surface area contributed by atoms with Gasteiger partial charge in [-0.3, -0.25) is 0 Å². The molecule has 0 saturated carbocycles. The van der Waals surface area contributed by atoms with Crippen LogP contribution in [-0.4, -0.2) is 13.2 Å². The Balaban J connectivity index is 2.03. The van der Waals surface area contributed by atoms with E-state index in [1.807, 2.05) is 12.1 Å². The summed E-state index contributed by atoms with van der Waals surface area (Å²) >= 11 is 0. The lowest BCUT2D eigenvalue weighted by Crippen LogP contribution is -1.93. The van der Waals surface area contributed by atoms with Crippen LogP contribution in [0.15, 0.2) is 73.8 Å². The van der Waals surface area contributed by atoms with Gasteiger partial charge < -0.3 is 9.47 Å². The summed E-state index contributed by atoms with van der Waals surface area (Å²) in [7, 11) is 0. The predicted octanol–water partition coefficient (Wildman–Crippen LogP) is 5.12. The zero-order valence-corrected chi connectivity index (χ0v) is 12.4. The van der Waals surface area contributed by atoms with Crippen molar-refractivity contribution in [2.24, 2.45) is 0 Å². The van der Waals surface area contributed by atoms with Gasteiger partial charge in [0, 0.05) is 0 Å². The van der Waals surface area contributed by atoms with Crippen LogP contribution in [0.2, 0.25) is 0 Å². The quantitative estimate of drug-likeness (QED) is 0.463. The van der Waals surface area contributed by atoms with E-state index in [1.54, 1.807) is 12.2 Å². The summed E-state index contributed by atoms with van der Waals surface area (Å²) < 4.78 is 11.2. The van der Waals surface area contributed by atoms with Gasteiger partial charge in [-0.25, -0.2) is 0 Å². The second kappa shape index (κ2) is 6.35. The van der Waals surface area contributed by atoms with Crippen molar-refractivity contribution in [3.63, 3.8) is 0 Å². The second-order valence-electron chi connectivity index (χ2n) is 5.03. The molecule has 0 bridgehead atoms. The van der Waals surface area contributed by atoms with Gasteiger partial charge in [0.25, 0.3) is 0 Å². The molecule has 3 aromatic carbocycles. The van der Waals surface area contributed by atoms with Crippen molar-refractivity contribution in [2.75, 3.05) is 13.2 Å². The molecule has 0 atom stereocenters. The van der Waals surface area contributed by atoms with E-state index >= 15 is 0 Å². The molecule has 22 heavy (non-hydrogen) atoms. The maximum absolute atomic E-state index is 5.59. The Hall–Kier alpha value is -2.74. The van der Waals surface area contributed by atoms with Crippen LogP contribution < -0.4 is 9.47 Å². The molecular formula is C20H18O2. The Kier molecular flexibility index (Phi) is 4.10. The molecule has 0 aliphatic carbocycles. The molecular weight excluding hydrogens is 272 g/mol. The number of rotatable bonds is 6. The maximum Gasteiger partial charge on any atom is 0.120 e. The lowest BCUT2D eigenvalue weighted by Gasteiger charge is -2.09. The minimum atomic E-state index is 0.517. The van der Waals surface area contributed by atoms with Crippen molar-refractivity contribution in [2.45, 2.75) is 0 Å². The molecule has 0 unspecified atom stereocenters. The average molecular weight is 290 g/mol. The molecule has 0 fully saturated rings. The number of benzene rings is 3. The molecule has 0 heterocycles. The van der Waals surface area contributed by atoms with Crippen LogP contribution in [0.5, 0.6) is 11.5 Å². The standard InChI is InChI=1S/C20H18O2/c1-3-11-21-17-7-9-19-15(13-17)5-6-16-14-18(22-12-4-2)8-10-20(16)19/h3-10,13-14H,1-2,11-12H2. The fraction of sp³-hybridized carbons (Fsp3) is 0.100. The first kappa shape index (κ1) is 14.2. The average Bonchev–Trinajstić information content (AvgIpc) is 2.57. The monoisotopic (exact) mass is 290 g/mol. The molecule has 0 N–H and O–H groups in total. The molecule has 2 nitrogen and oxygen atoms in total. The third kappa shape index (κ3) is 2.82. The third-order valence-electron chi connectivity index (χ3n) is 3.51. The fourth-order valence-corrected chi connectivity index (χ4v) is 2.52. The highest BCUT2D eigenvalue weighted by Crippen LogP contribution is 2.30. The molecule has 0 saturated heterocycles. The van der Waals surface area contributed by atoms with Crippen LogP contribution >= 0.6 is 0 Å². The Labute approximate surface area is 130 Å². The molecule has 0 aliphatic heterocycles.